The first-order valence-electron chi connectivity index (χ1n) is 5.57. The summed E-state index contributed by atoms with van der Waals surface area (Å²) in [5.74, 6) is 1.68. The number of rotatable bonds is 3. The molecule has 1 heterocycles. The van der Waals surface area contributed by atoms with Gasteiger partial charge in [-0.3, -0.25) is 24.6 Å². The summed E-state index contributed by atoms with van der Waals surface area (Å²) in [4.78, 5) is 34.8. The largest absolute Gasteiger partial charge is 0.294 e. The van der Waals surface area contributed by atoms with Gasteiger partial charge in [-0.1, -0.05) is 17.5 Å². The van der Waals surface area contributed by atoms with Gasteiger partial charge < -0.3 is 0 Å². The van der Waals surface area contributed by atoms with Crippen LogP contribution in [0.25, 0.3) is 6.08 Å². The lowest BCUT2D eigenvalue weighted by Gasteiger charge is -2.06. The van der Waals surface area contributed by atoms with Crippen LogP contribution in [-0.4, -0.2) is 27.5 Å². The van der Waals surface area contributed by atoms with Crippen molar-refractivity contribution in [2.75, 3.05) is 6.54 Å². The van der Waals surface area contributed by atoms with E-state index in [2.05, 4.69) is 5.92 Å². The van der Waals surface area contributed by atoms with Gasteiger partial charge in [0.05, 0.1) is 16.4 Å². The summed E-state index contributed by atoms with van der Waals surface area (Å²) in [7, 11) is 0. The Kier molecular flexibility index (Phi) is 4.31. The highest BCUT2D eigenvalue weighted by molar-refractivity contribution is 8.18. The number of hydrogen-bond acceptors (Lipinski definition) is 5. The zero-order valence-corrected chi connectivity index (χ0v) is 12.0. The molecule has 21 heavy (non-hydrogen) atoms. The van der Waals surface area contributed by atoms with Crippen molar-refractivity contribution >= 4 is 46.3 Å². The molecule has 6 nitrogen and oxygen atoms in total. The van der Waals surface area contributed by atoms with Crippen LogP contribution in [0.15, 0.2) is 23.1 Å². The van der Waals surface area contributed by atoms with Crippen molar-refractivity contribution in [2.24, 2.45) is 0 Å². The van der Waals surface area contributed by atoms with Gasteiger partial charge >= 0.3 is 0 Å². The van der Waals surface area contributed by atoms with Crippen LogP contribution in [0.5, 0.6) is 0 Å². The molecule has 2 rings (SSSR count). The van der Waals surface area contributed by atoms with E-state index in [0.29, 0.717) is 11.8 Å². The van der Waals surface area contributed by atoms with Gasteiger partial charge in [0.15, 0.2) is 0 Å². The topological polar surface area (TPSA) is 80.5 Å². The number of benzene rings is 1. The lowest BCUT2D eigenvalue weighted by molar-refractivity contribution is -0.384. The van der Waals surface area contributed by atoms with E-state index >= 15 is 0 Å². The van der Waals surface area contributed by atoms with E-state index in [0.717, 1.165) is 4.90 Å². The number of nitro groups is 1. The molecular weight excluding hydrogens is 316 g/mol. The molecule has 0 N–H and O–H groups in total. The van der Waals surface area contributed by atoms with Crippen molar-refractivity contribution in [1.82, 2.24) is 4.90 Å². The van der Waals surface area contributed by atoms with Gasteiger partial charge in [0.1, 0.15) is 0 Å². The maximum Gasteiger partial charge on any atom is 0.294 e. The fraction of sp³-hybridized carbons (Fsp3) is 0.0769. The number of carbonyl (C=O) groups excluding carboxylic acids is 2. The molecule has 1 fully saturated rings. The maximum absolute atomic E-state index is 12.0. The Hall–Kier alpha value is -2.30. The molecule has 1 aliphatic heterocycles. The fourth-order valence-corrected chi connectivity index (χ4v) is 2.63. The third-order valence-corrected chi connectivity index (χ3v) is 3.85. The Labute approximate surface area is 128 Å². The summed E-state index contributed by atoms with van der Waals surface area (Å²) in [5, 5.41) is 10.5. The molecule has 1 aromatic rings. The number of amides is 2. The summed E-state index contributed by atoms with van der Waals surface area (Å²) >= 11 is 6.66. The van der Waals surface area contributed by atoms with Gasteiger partial charge in [-0.15, -0.1) is 6.42 Å². The quantitative estimate of drug-likeness (QED) is 0.370. The van der Waals surface area contributed by atoms with E-state index in [-0.39, 0.29) is 27.7 Å². The number of nitrogens with zero attached hydrogens (tertiary/aromatic N) is 2. The molecule has 0 unspecified atom stereocenters. The highest BCUT2D eigenvalue weighted by atomic mass is 35.5. The Morgan fingerprint density at radius 2 is 2.19 bits per heavy atom. The van der Waals surface area contributed by atoms with Crippen molar-refractivity contribution in [1.29, 1.82) is 0 Å². The van der Waals surface area contributed by atoms with Gasteiger partial charge in [-0.25, -0.2) is 0 Å². The molecule has 1 aromatic carbocycles. The predicted octanol–water partition coefficient (Wildman–Crippen LogP) is 2.92. The van der Waals surface area contributed by atoms with Gasteiger partial charge in [-0.2, -0.15) is 0 Å². The zero-order valence-electron chi connectivity index (χ0n) is 10.4. The zero-order chi connectivity index (χ0) is 15.6. The number of carbonyl (C=O) groups is 2. The normalized spacial score (nSPS) is 16.4. The molecule has 0 aromatic heterocycles. The lowest BCUT2D eigenvalue weighted by atomic mass is 10.2. The molecule has 0 bridgehead atoms. The molecule has 2 amide bonds. The standard InChI is InChI=1S/C13H7ClN2O4S/c1-2-5-15-12(17)11(21-13(15)18)7-8-6-9(16(19)20)3-4-10(8)14/h1,3-4,6-7H,5H2/b11-7+. The molecule has 0 atom stereocenters. The van der Waals surface area contributed by atoms with Crippen LogP contribution in [-0.2, 0) is 4.79 Å². The molecule has 0 aliphatic carbocycles. The fourth-order valence-electron chi connectivity index (χ4n) is 1.62. The Bertz CT molecular complexity index is 723. The minimum atomic E-state index is -0.572. The van der Waals surface area contributed by atoms with Crippen LogP contribution in [0.4, 0.5) is 10.5 Å². The highest BCUT2D eigenvalue weighted by Gasteiger charge is 2.34. The van der Waals surface area contributed by atoms with E-state index in [1.165, 1.54) is 24.3 Å². The minimum absolute atomic E-state index is 0.120. The molecule has 106 valence electrons. The van der Waals surface area contributed by atoms with Gasteiger partial charge in [0, 0.05) is 22.7 Å². The summed E-state index contributed by atoms with van der Waals surface area (Å²) in [6, 6.07) is 3.85. The smallest absolute Gasteiger partial charge is 0.268 e. The van der Waals surface area contributed by atoms with Crippen molar-refractivity contribution in [3.05, 3.63) is 43.8 Å². The number of terminal acetylenes is 1. The second-order valence-corrected chi connectivity index (χ2v) is 5.34. The van der Waals surface area contributed by atoms with Crippen LogP contribution in [0.3, 0.4) is 0 Å². The molecule has 8 heteroatoms. The lowest BCUT2D eigenvalue weighted by Crippen LogP contribution is -2.28. The van der Waals surface area contributed by atoms with Gasteiger partial charge in [0.2, 0.25) is 0 Å². The van der Waals surface area contributed by atoms with E-state index in [1.54, 1.807) is 0 Å². The van der Waals surface area contributed by atoms with Gasteiger partial charge in [-0.05, 0) is 23.9 Å². The minimum Gasteiger partial charge on any atom is -0.268 e. The summed E-state index contributed by atoms with van der Waals surface area (Å²) < 4.78 is 0. The second kappa shape index (κ2) is 5.99. The van der Waals surface area contributed by atoms with Crippen molar-refractivity contribution in [2.45, 2.75) is 0 Å². The van der Waals surface area contributed by atoms with Gasteiger partial charge in [0.25, 0.3) is 16.8 Å². The van der Waals surface area contributed by atoms with E-state index < -0.39 is 16.1 Å². The molecule has 1 saturated heterocycles. The number of nitro benzene ring substituents is 1. The monoisotopic (exact) mass is 322 g/mol. The predicted molar refractivity (Wildman–Crippen MR) is 79.6 cm³/mol. The number of thioether (sulfide) groups is 1. The highest BCUT2D eigenvalue weighted by Crippen LogP contribution is 2.34. The van der Waals surface area contributed by atoms with E-state index in [1.807, 2.05) is 0 Å². The Morgan fingerprint density at radius 3 is 2.81 bits per heavy atom. The van der Waals surface area contributed by atoms with Crippen LogP contribution in [0, 0.1) is 22.5 Å². The van der Waals surface area contributed by atoms with E-state index in [4.69, 9.17) is 18.0 Å². The van der Waals surface area contributed by atoms with Crippen molar-refractivity contribution in [3.8, 4) is 12.3 Å². The Morgan fingerprint density at radius 1 is 1.48 bits per heavy atom. The first-order chi connectivity index (χ1) is 9.93. The average Bonchev–Trinajstić information content (AvgIpc) is 2.69. The van der Waals surface area contributed by atoms with Crippen molar-refractivity contribution < 1.29 is 14.5 Å². The summed E-state index contributed by atoms with van der Waals surface area (Å²) in [5.41, 5.74) is 0.130. The molecule has 0 saturated carbocycles. The maximum atomic E-state index is 12.0. The number of imide groups is 1. The summed E-state index contributed by atoms with van der Waals surface area (Å²) in [6.07, 6.45) is 6.43. The third kappa shape index (κ3) is 3.07. The third-order valence-electron chi connectivity index (χ3n) is 2.60. The van der Waals surface area contributed by atoms with Crippen LogP contribution in [0.2, 0.25) is 5.02 Å². The SMILES string of the molecule is C#CCN1C(=O)S/C(=C/c2cc([N+](=O)[O-])ccc2Cl)C1=O. The Balaban J connectivity index is 2.39. The van der Waals surface area contributed by atoms with E-state index in [9.17, 15) is 19.7 Å². The molecule has 0 radical (unpaired) electrons. The second-order valence-electron chi connectivity index (χ2n) is 3.93. The van der Waals surface area contributed by atoms with Crippen LogP contribution in [0.1, 0.15) is 5.56 Å². The summed E-state index contributed by atoms with van der Waals surface area (Å²) in [6.45, 7) is -0.120. The first-order valence-corrected chi connectivity index (χ1v) is 6.76. The van der Waals surface area contributed by atoms with Crippen LogP contribution >= 0.6 is 23.4 Å². The number of non-ortho nitro benzene ring substituents is 1. The average molecular weight is 323 g/mol. The molecule has 1 aliphatic rings. The molecule has 0 spiro atoms. The number of halogens is 1. The number of hydrogen-bond donors (Lipinski definition) is 0. The molecular formula is C13H7ClN2O4S. The van der Waals surface area contributed by atoms with Crippen molar-refractivity contribution in [3.63, 3.8) is 0 Å². The van der Waals surface area contributed by atoms with Crippen LogP contribution < -0.4 is 0 Å². The first kappa shape index (κ1) is 15.1.